The van der Waals surface area contributed by atoms with E-state index in [9.17, 15) is 9.59 Å². The summed E-state index contributed by atoms with van der Waals surface area (Å²) in [5.74, 6) is 1.14. The molecule has 2 aromatic heterocycles. The van der Waals surface area contributed by atoms with Gasteiger partial charge in [0.05, 0.1) is 6.26 Å². The fourth-order valence-electron chi connectivity index (χ4n) is 3.35. The Kier molecular flexibility index (Phi) is 5.43. The molecule has 0 aliphatic carbocycles. The van der Waals surface area contributed by atoms with E-state index in [-0.39, 0.29) is 19.2 Å². The van der Waals surface area contributed by atoms with Crippen LogP contribution in [-0.4, -0.2) is 29.7 Å². The van der Waals surface area contributed by atoms with Gasteiger partial charge in [-0.25, -0.2) is 4.79 Å². The molecule has 0 amide bonds. The summed E-state index contributed by atoms with van der Waals surface area (Å²) in [5, 5.41) is 0. The Balaban J connectivity index is 1.41. The summed E-state index contributed by atoms with van der Waals surface area (Å²) in [6.07, 6.45) is 4.23. The molecule has 7 nitrogen and oxygen atoms in total. The number of nitrogens with zero attached hydrogens (tertiary/aromatic N) is 1. The monoisotopic (exact) mass is 407 g/mol. The second kappa shape index (κ2) is 8.32. The number of hydrogen-bond acceptors (Lipinski definition) is 6. The van der Waals surface area contributed by atoms with Crippen molar-refractivity contribution in [2.24, 2.45) is 0 Å². The van der Waals surface area contributed by atoms with Crippen molar-refractivity contribution in [1.82, 2.24) is 4.57 Å². The maximum absolute atomic E-state index is 12.6. The maximum Gasteiger partial charge on any atom is 0.331 e. The van der Waals surface area contributed by atoms with Crippen molar-refractivity contribution in [3.05, 3.63) is 77.0 Å². The SMILES string of the molecule is Cc1cc(C(=O)COC(=O)/C=C/c2ccco2)c(C)n1Cc1ccc2c(c1)OCO2. The molecule has 1 aromatic carbocycles. The van der Waals surface area contributed by atoms with Gasteiger partial charge in [-0.1, -0.05) is 6.07 Å². The maximum atomic E-state index is 12.6. The number of benzene rings is 1. The van der Waals surface area contributed by atoms with Crippen LogP contribution in [0.15, 0.2) is 53.2 Å². The summed E-state index contributed by atoms with van der Waals surface area (Å²) >= 11 is 0. The first-order valence-corrected chi connectivity index (χ1v) is 9.48. The lowest BCUT2D eigenvalue weighted by Gasteiger charge is -2.10. The van der Waals surface area contributed by atoms with E-state index in [0.717, 1.165) is 28.5 Å². The van der Waals surface area contributed by atoms with Gasteiger partial charge in [-0.3, -0.25) is 4.79 Å². The van der Waals surface area contributed by atoms with E-state index in [0.29, 0.717) is 17.9 Å². The zero-order valence-corrected chi connectivity index (χ0v) is 16.7. The Bertz CT molecular complexity index is 1110. The molecule has 154 valence electrons. The molecule has 0 saturated heterocycles. The minimum Gasteiger partial charge on any atom is -0.465 e. The van der Waals surface area contributed by atoms with Crippen molar-refractivity contribution in [3.8, 4) is 11.5 Å². The minimum absolute atomic E-state index is 0.231. The normalized spacial score (nSPS) is 12.5. The fraction of sp³-hybridized carbons (Fsp3) is 0.217. The van der Waals surface area contributed by atoms with Gasteiger partial charge in [-0.15, -0.1) is 0 Å². The number of hydrogen-bond donors (Lipinski definition) is 0. The van der Waals surface area contributed by atoms with Crippen LogP contribution in [0.2, 0.25) is 0 Å². The lowest BCUT2D eigenvalue weighted by atomic mass is 10.1. The molecule has 0 fully saturated rings. The number of aromatic nitrogens is 1. The molecule has 1 aliphatic rings. The number of esters is 1. The Morgan fingerprint density at radius 3 is 2.77 bits per heavy atom. The Hall–Kier alpha value is -3.74. The first-order valence-electron chi connectivity index (χ1n) is 9.48. The minimum atomic E-state index is -0.603. The molecule has 3 aromatic rings. The number of carbonyl (C=O) groups is 2. The fourth-order valence-corrected chi connectivity index (χ4v) is 3.35. The third-order valence-corrected chi connectivity index (χ3v) is 4.92. The van der Waals surface area contributed by atoms with Crippen LogP contribution in [0.25, 0.3) is 6.08 Å². The van der Waals surface area contributed by atoms with Gasteiger partial charge in [0.2, 0.25) is 12.6 Å². The van der Waals surface area contributed by atoms with Crippen LogP contribution in [-0.2, 0) is 16.1 Å². The molecular formula is C23H21NO6. The van der Waals surface area contributed by atoms with E-state index in [4.69, 9.17) is 18.6 Å². The van der Waals surface area contributed by atoms with Gasteiger partial charge in [-0.2, -0.15) is 0 Å². The third kappa shape index (κ3) is 4.15. The second-order valence-corrected chi connectivity index (χ2v) is 6.94. The van der Waals surface area contributed by atoms with Crippen LogP contribution in [0.1, 0.15) is 33.1 Å². The summed E-state index contributed by atoms with van der Waals surface area (Å²) < 4.78 is 23.0. The Morgan fingerprint density at radius 2 is 1.97 bits per heavy atom. The molecule has 0 bridgehead atoms. The van der Waals surface area contributed by atoms with E-state index in [1.165, 1.54) is 18.4 Å². The highest BCUT2D eigenvalue weighted by molar-refractivity contribution is 6.00. The van der Waals surface area contributed by atoms with Gasteiger partial charge in [0.15, 0.2) is 18.1 Å². The van der Waals surface area contributed by atoms with E-state index < -0.39 is 5.97 Å². The number of rotatable bonds is 7. The molecule has 1 aliphatic heterocycles. The van der Waals surface area contributed by atoms with Crippen LogP contribution in [0.4, 0.5) is 0 Å². The average molecular weight is 407 g/mol. The van der Waals surface area contributed by atoms with Gasteiger partial charge in [0.1, 0.15) is 5.76 Å². The predicted octanol–water partition coefficient (Wildman–Crippen LogP) is 3.91. The summed E-state index contributed by atoms with van der Waals surface area (Å²) in [4.78, 5) is 24.4. The van der Waals surface area contributed by atoms with Crippen molar-refractivity contribution in [3.63, 3.8) is 0 Å². The van der Waals surface area contributed by atoms with Crippen LogP contribution in [0.3, 0.4) is 0 Å². The molecule has 3 heterocycles. The molecule has 0 spiro atoms. The lowest BCUT2D eigenvalue weighted by Crippen LogP contribution is -2.13. The van der Waals surface area contributed by atoms with E-state index in [1.54, 1.807) is 12.1 Å². The molecule has 0 radical (unpaired) electrons. The van der Waals surface area contributed by atoms with E-state index >= 15 is 0 Å². The number of Topliss-reactive ketones (excluding diaryl/α,β-unsaturated/α-hetero) is 1. The standard InChI is InChI=1S/C23H21NO6/c1-15-10-19(20(25)13-28-23(26)8-6-18-4-3-9-27-18)16(2)24(15)12-17-5-7-21-22(11-17)30-14-29-21/h3-11H,12-14H2,1-2H3/b8-6+. The van der Waals surface area contributed by atoms with Gasteiger partial charge in [0, 0.05) is 29.6 Å². The highest BCUT2D eigenvalue weighted by atomic mass is 16.7. The van der Waals surface area contributed by atoms with Gasteiger partial charge in [0.25, 0.3) is 0 Å². The van der Waals surface area contributed by atoms with E-state index in [1.807, 2.05) is 42.7 Å². The van der Waals surface area contributed by atoms with E-state index in [2.05, 4.69) is 0 Å². The molecule has 0 N–H and O–H groups in total. The van der Waals surface area contributed by atoms with Crippen molar-refractivity contribution >= 4 is 17.8 Å². The number of furan rings is 1. The molecular weight excluding hydrogens is 386 g/mol. The van der Waals surface area contributed by atoms with Crippen molar-refractivity contribution < 1.29 is 28.2 Å². The topological polar surface area (TPSA) is 79.9 Å². The highest BCUT2D eigenvalue weighted by Crippen LogP contribution is 2.33. The molecule has 30 heavy (non-hydrogen) atoms. The molecule has 0 saturated carbocycles. The number of ether oxygens (including phenoxy) is 3. The van der Waals surface area contributed by atoms with Crippen molar-refractivity contribution in [2.45, 2.75) is 20.4 Å². The largest absolute Gasteiger partial charge is 0.465 e. The molecule has 4 rings (SSSR count). The Morgan fingerprint density at radius 1 is 1.13 bits per heavy atom. The van der Waals surface area contributed by atoms with Crippen LogP contribution in [0.5, 0.6) is 11.5 Å². The van der Waals surface area contributed by atoms with Crippen molar-refractivity contribution in [1.29, 1.82) is 0 Å². The smallest absolute Gasteiger partial charge is 0.331 e. The zero-order chi connectivity index (χ0) is 21.1. The van der Waals surface area contributed by atoms with Crippen LogP contribution < -0.4 is 9.47 Å². The highest BCUT2D eigenvalue weighted by Gasteiger charge is 2.18. The number of fused-ring (bicyclic) bond motifs is 1. The van der Waals surface area contributed by atoms with Crippen LogP contribution in [0, 0.1) is 13.8 Å². The van der Waals surface area contributed by atoms with Gasteiger partial charge in [-0.05, 0) is 55.8 Å². The average Bonchev–Trinajstić information content (AvgIpc) is 3.47. The number of aryl methyl sites for hydroxylation is 1. The number of carbonyl (C=O) groups excluding carboxylic acids is 2. The first kappa shape index (κ1) is 19.6. The second-order valence-electron chi connectivity index (χ2n) is 6.94. The molecule has 0 atom stereocenters. The van der Waals surface area contributed by atoms with Gasteiger partial charge >= 0.3 is 5.97 Å². The summed E-state index contributed by atoms with van der Waals surface area (Å²) in [5.41, 5.74) is 3.33. The lowest BCUT2D eigenvalue weighted by molar-refractivity contribution is -0.136. The molecule has 7 heteroatoms. The van der Waals surface area contributed by atoms with Gasteiger partial charge < -0.3 is 23.2 Å². The van der Waals surface area contributed by atoms with Crippen LogP contribution >= 0.6 is 0 Å². The number of ketones is 1. The predicted molar refractivity (Wildman–Crippen MR) is 109 cm³/mol. The Labute approximate surface area is 173 Å². The summed E-state index contributed by atoms with van der Waals surface area (Å²) in [7, 11) is 0. The summed E-state index contributed by atoms with van der Waals surface area (Å²) in [6.45, 7) is 4.32. The third-order valence-electron chi connectivity index (χ3n) is 4.92. The first-order chi connectivity index (χ1) is 14.5. The van der Waals surface area contributed by atoms with Crippen molar-refractivity contribution in [2.75, 3.05) is 13.4 Å². The summed E-state index contributed by atoms with van der Waals surface area (Å²) in [6, 6.07) is 11.0. The molecule has 0 unspecified atom stereocenters. The zero-order valence-electron chi connectivity index (χ0n) is 16.7. The quantitative estimate of drug-likeness (QED) is 0.336.